The van der Waals surface area contributed by atoms with Gasteiger partial charge in [0.2, 0.25) is 0 Å². The highest BCUT2D eigenvalue weighted by molar-refractivity contribution is 5.45. The van der Waals surface area contributed by atoms with Gasteiger partial charge in [-0.05, 0) is 24.3 Å². The first kappa shape index (κ1) is 12.6. The van der Waals surface area contributed by atoms with Gasteiger partial charge in [0, 0.05) is 17.2 Å². The van der Waals surface area contributed by atoms with Gasteiger partial charge in [0.05, 0.1) is 6.04 Å². The van der Waals surface area contributed by atoms with Crippen molar-refractivity contribution in [2.45, 2.75) is 6.04 Å². The van der Waals surface area contributed by atoms with Crippen molar-refractivity contribution in [1.29, 1.82) is 0 Å². The van der Waals surface area contributed by atoms with Gasteiger partial charge in [0.1, 0.15) is 24.7 Å². The van der Waals surface area contributed by atoms with Crippen molar-refractivity contribution in [2.75, 3.05) is 13.2 Å². The molecule has 0 bridgehead atoms. The predicted octanol–water partition coefficient (Wildman–Crippen LogP) is 2.51. The van der Waals surface area contributed by atoms with Crippen LogP contribution in [0.5, 0.6) is 11.5 Å². The van der Waals surface area contributed by atoms with Crippen molar-refractivity contribution < 1.29 is 9.47 Å². The summed E-state index contributed by atoms with van der Waals surface area (Å²) in [5.41, 5.74) is 7.91. The molecule has 1 aliphatic rings. The molecule has 0 aromatic heterocycles. The van der Waals surface area contributed by atoms with Crippen molar-refractivity contribution in [2.24, 2.45) is 5.73 Å². The highest BCUT2D eigenvalue weighted by atomic mass is 16.5. The minimum atomic E-state index is -0.0306. The van der Waals surface area contributed by atoms with Crippen LogP contribution in [-0.2, 0) is 0 Å². The molecule has 1 heterocycles. The van der Waals surface area contributed by atoms with Gasteiger partial charge in [0.15, 0.2) is 0 Å². The Labute approximate surface area is 118 Å². The largest absolute Gasteiger partial charge is 0.491 e. The fraction of sp³-hybridized carbons (Fsp3) is 0.176. The third kappa shape index (κ3) is 2.76. The van der Waals surface area contributed by atoms with Gasteiger partial charge in [-0.1, -0.05) is 30.0 Å². The van der Waals surface area contributed by atoms with Crippen LogP contribution < -0.4 is 15.2 Å². The van der Waals surface area contributed by atoms with Gasteiger partial charge >= 0.3 is 0 Å². The van der Waals surface area contributed by atoms with E-state index in [0.29, 0.717) is 13.2 Å². The number of nitrogens with two attached hydrogens (primary N) is 1. The van der Waals surface area contributed by atoms with Gasteiger partial charge < -0.3 is 15.2 Å². The molecule has 2 N–H and O–H groups in total. The third-order valence-corrected chi connectivity index (χ3v) is 3.12. The quantitative estimate of drug-likeness (QED) is 0.849. The van der Waals surface area contributed by atoms with Crippen LogP contribution in [0.4, 0.5) is 0 Å². The lowest BCUT2D eigenvalue weighted by Crippen LogP contribution is -2.10. The van der Waals surface area contributed by atoms with Gasteiger partial charge in [-0.2, -0.15) is 0 Å². The third-order valence-electron chi connectivity index (χ3n) is 3.12. The Hall–Kier alpha value is -2.44. The lowest BCUT2D eigenvalue weighted by atomic mass is 10.1. The summed E-state index contributed by atoms with van der Waals surface area (Å²) >= 11 is 0. The van der Waals surface area contributed by atoms with Crippen LogP contribution in [0.2, 0.25) is 0 Å². The average molecular weight is 265 g/mol. The number of rotatable bonds is 2. The van der Waals surface area contributed by atoms with Crippen LogP contribution in [-0.4, -0.2) is 13.2 Å². The van der Waals surface area contributed by atoms with E-state index >= 15 is 0 Å². The fourth-order valence-electron chi connectivity index (χ4n) is 2.08. The number of hydrogen-bond donors (Lipinski definition) is 1. The lowest BCUT2D eigenvalue weighted by molar-refractivity contribution is 0.329. The molecule has 2 aromatic carbocycles. The highest BCUT2D eigenvalue weighted by Crippen LogP contribution is 2.33. The maximum atomic E-state index is 5.89. The summed E-state index contributed by atoms with van der Waals surface area (Å²) in [6.07, 6.45) is 0. The molecular formula is C17H15NO2. The normalized spacial score (nSPS) is 15.8. The molecule has 0 saturated carbocycles. The van der Waals surface area contributed by atoms with Crippen LogP contribution in [0.3, 0.4) is 0 Å². The number of benzene rings is 2. The van der Waals surface area contributed by atoms with E-state index in [0.717, 1.165) is 22.6 Å². The molecule has 100 valence electrons. The molecule has 1 atom stereocenters. The second-order valence-corrected chi connectivity index (χ2v) is 4.57. The monoisotopic (exact) mass is 265 g/mol. The molecule has 0 spiro atoms. The Morgan fingerprint density at radius 1 is 1.20 bits per heavy atom. The van der Waals surface area contributed by atoms with Crippen molar-refractivity contribution in [3.63, 3.8) is 0 Å². The molecule has 3 rings (SSSR count). The first-order valence-electron chi connectivity index (χ1n) is 6.52. The topological polar surface area (TPSA) is 44.5 Å². The maximum absolute atomic E-state index is 5.89. The molecular weight excluding hydrogens is 250 g/mol. The molecule has 2 aromatic rings. The zero-order valence-electron chi connectivity index (χ0n) is 11.0. The summed E-state index contributed by atoms with van der Waals surface area (Å²) in [5.74, 6) is 7.60. The first-order chi connectivity index (χ1) is 9.83. The van der Waals surface area contributed by atoms with E-state index in [2.05, 4.69) is 11.8 Å². The summed E-state index contributed by atoms with van der Waals surface area (Å²) in [5, 5.41) is 0. The van der Waals surface area contributed by atoms with Crippen LogP contribution >= 0.6 is 0 Å². The second kappa shape index (κ2) is 5.68. The van der Waals surface area contributed by atoms with E-state index in [1.54, 1.807) is 0 Å². The fourth-order valence-corrected chi connectivity index (χ4v) is 2.08. The summed E-state index contributed by atoms with van der Waals surface area (Å²) in [7, 11) is 0. The van der Waals surface area contributed by atoms with Crippen molar-refractivity contribution in [3.05, 3.63) is 59.7 Å². The number of ether oxygens (including phenoxy) is 2. The Balaban J connectivity index is 1.61. The molecule has 3 nitrogen and oxygen atoms in total. The molecule has 20 heavy (non-hydrogen) atoms. The Kier molecular flexibility index (Phi) is 3.58. The van der Waals surface area contributed by atoms with E-state index < -0.39 is 0 Å². The lowest BCUT2D eigenvalue weighted by Gasteiger charge is -2.05. The van der Waals surface area contributed by atoms with Gasteiger partial charge in [-0.15, -0.1) is 0 Å². The standard InChI is InChI=1S/C17H15NO2/c18-16-12-20-17-11-14(8-9-15(16)17)19-10-4-7-13-5-2-1-3-6-13/h1-3,5-6,8-9,11,16H,10,12,18H2. The summed E-state index contributed by atoms with van der Waals surface area (Å²) in [6, 6.07) is 15.5. The van der Waals surface area contributed by atoms with Gasteiger partial charge in [-0.25, -0.2) is 0 Å². The summed E-state index contributed by atoms with van der Waals surface area (Å²) in [4.78, 5) is 0. The number of fused-ring (bicyclic) bond motifs is 1. The second-order valence-electron chi connectivity index (χ2n) is 4.57. The van der Waals surface area contributed by atoms with E-state index in [1.165, 1.54) is 0 Å². The van der Waals surface area contributed by atoms with E-state index in [9.17, 15) is 0 Å². The maximum Gasteiger partial charge on any atom is 0.149 e. The van der Waals surface area contributed by atoms with E-state index in [4.69, 9.17) is 15.2 Å². The smallest absolute Gasteiger partial charge is 0.149 e. The average Bonchev–Trinajstić information content (AvgIpc) is 2.86. The Morgan fingerprint density at radius 2 is 2.05 bits per heavy atom. The van der Waals surface area contributed by atoms with Crippen LogP contribution in [0.15, 0.2) is 48.5 Å². The minimum Gasteiger partial charge on any atom is -0.491 e. The van der Waals surface area contributed by atoms with Crippen molar-refractivity contribution in [1.82, 2.24) is 0 Å². The Morgan fingerprint density at radius 3 is 2.90 bits per heavy atom. The van der Waals surface area contributed by atoms with Crippen LogP contribution in [0, 0.1) is 11.8 Å². The predicted molar refractivity (Wildman–Crippen MR) is 77.7 cm³/mol. The molecule has 0 amide bonds. The molecule has 0 saturated heterocycles. The summed E-state index contributed by atoms with van der Waals surface area (Å²) < 4.78 is 11.1. The molecule has 0 aliphatic carbocycles. The first-order valence-corrected chi connectivity index (χ1v) is 6.52. The summed E-state index contributed by atoms with van der Waals surface area (Å²) in [6.45, 7) is 0.881. The SMILES string of the molecule is NC1COc2cc(OCC#Cc3ccccc3)ccc21. The van der Waals surface area contributed by atoms with E-state index in [1.807, 2.05) is 48.5 Å². The molecule has 3 heteroatoms. The zero-order chi connectivity index (χ0) is 13.8. The molecule has 1 unspecified atom stereocenters. The van der Waals surface area contributed by atoms with Gasteiger partial charge in [0.25, 0.3) is 0 Å². The molecule has 0 fully saturated rings. The molecule has 0 radical (unpaired) electrons. The highest BCUT2D eigenvalue weighted by Gasteiger charge is 2.20. The zero-order valence-corrected chi connectivity index (χ0v) is 11.0. The Bertz CT molecular complexity index is 656. The van der Waals surface area contributed by atoms with Crippen LogP contribution in [0.1, 0.15) is 17.2 Å². The minimum absolute atomic E-state index is 0.0306. The molecule has 1 aliphatic heterocycles. The van der Waals surface area contributed by atoms with E-state index in [-0.39, 0.29) is 6.04 Å². The van der Waals surface area contributed by atoms with Gasteiger partial charge in [-0.3, -0.25) is 0 Å². The van der Waals surface area contributed by atoms with Crippen molar-refractivity contribution in [3.8, 4) is 23.3 Å². The number of hydrogen-bond acceptors (Lipinski definition) is 3. The van der Waals surface area contributed by atoms with Crippen LogP contribution in [0.25, 0.3) is 0 Å². The van der Waals surface area contributed by atoms with Crippen molar-refractivity contribution >= 4 is 0 Å².